The van der Waals surface area contributed by atoms with E-state index in [4.69, 9.17) is 0 Å². The van der Waals surface area contributed by atoms with E-state index < -0.39 is 10.0 Å². The number of carbonyl (C=O) groups excluding carboxylic acids is 1. The fourth-order valence-electron chi connectivity index (χ4n) is 4.89. The van der Waals surface area contributed by atoms with Gasteiger partial charge in [-0.1, -0.05) is 43.7 Å². The summed E-state index contributed by atoms with van der Waals surface area (Å²) in [7, 11) is -3.51. The Bertz CT molecular complexity index is 1040. The Balaban J connectivity index is 1.26. The lowest BCUT2D eigenvalue weighted by atomic mass is 10.0. The van der Waals surface area contributed by atoms with Crippen molar-refractivity contribution < 1.29 is 13.2 Å². The molecule has 2 aliphatic heterocycles. The Hall–Kier alpha value is -2.26. The van der Waals surface area contributed by atoms with E-state index in [-0.39, 0.29) is 11.9 Å². The molecule has 2 saturated heterocycles. The van der Waals surface area contributed by atoms with E-state index in [1.165, 1.54) is 5.56 Å². The summed E-state index contributed by atoms with van der Waals surface area (Å²) < 4.78 is 27.9. The number of carbonyl (C=O) groups is 1. The zero-order chi connectivity index (χ0) is 24.0. The molecule has 7 nitrogen and oxygen atoms in total. The van der Waals surface area contributed by atoms with Gasteiger partial charge in [0.05, 0.1) is 11.4 Å². The molecule has 184 valence electrons. The van der Waals surface area contributed by atoms with E-state index in [9.17, 15) is 13.2 Å². The number of hydrogen-bond donors (Lipinski definition) is 1. The average Bonchev–Trinajstić information content (AvgIpc) is 2.86. The SMILES string of the molecule is CCC1CCCCN1S(=O)(=O)c1ccc(NC(=O)CN2CCN(Cc3ccccc3)CC2)cc1. The molecule has 0 spiro atoms. The highest BCUT2D eigenvalue weighted by molar-refractivity contribution is 7.89. The standard InChI is InChI=1S/C26H36N4O3S/c1-2-24-10-6-7-15-30(24)34(32,33)25-13-11-23(12-14-25)27-26(31)21-29-18-16-28(17-19-29)20-22-8-4-3-5-9-22/h3-5,8-9,11-14,24H,2,6-7,10,15-21H2,1H3,(H,27,31). The third-order valence-electron chi connectivity index (χ3n) is 6.87. The van der Waals surface area contributed by atoms with Gasteiger partial charge < -0.3 is 5.32 Å². The summed E-state index contributed by atoms with van der Waals surface area (Å²) in [6.45, 7) is 7.47. The molecular formula is C26H36N4O3S. The van der Waals surface area contributed by atoms with Gasteiger partial charge in [-0.3, -0.25) is 14.6 Å². The minimum absolute atomic E-state index is 0.0748. The van der Waals surface area contributed by atoms with E-state index in [0.29, 0.717) is 23.7 Å². The number of piperidine rings is 1. The van der Waals surface area contributed by atoms with Crippen LogP contribution in [0.1, 0.15) is 38.2 Å². The van der Waals surface area contributed by atoms with Crippen LogP contribution in [-0.4, -0.2) is 73.7 Å². The lowest BCUT2D eigenvalue weighted by molar-refractivity contribution is -0.117. The molecule has 0 aromatic heterocycles. The summed E-state index contributed by atoms with van der Waals surface area (Å²) in [5, 5.41) is 2.92. The largest absolute Gasteiger partial charge is 0.325 e. The highest BCUT2D eigenvalue weighted by Crippen LogP contribution is 2.27. The van der Waals surface area contributed by atoms with Crippen molar-refractivity contribution in [1.82, 2.24) is 14.1 Å². The molecule has 0 aliphatic carbocycles. The number of piperazine rings is 1. The van der Waals surface area contributed by atoms with Crippen molar-refractivity contribution in [2.45, 2.75) is 50.1 Å². The summed E-state index contributed by atoms with van der Waals surface area (Å²) in [5.74, 6) is -0.0748. The molecule has 34 heavy (non-hydrogen) atoms. The zero-order valence-corrected chi connectivity index (χ0v) is 20.8. The molecule has 1 atom stereocenters. The minimum atomic E-state index is -3.51. The van der Waals surface area contributed by atoms with Gasteiger partial charge in [0.2, 0.25) is 15.9 Å². The second-order valence-corrected chi connectivity index (χ2v) is 11.2. The van der Waals surface area contributed by atoms with Crippen LogP contribution in [0.2, 0.25) is 0 Å². The highest BCUT2D eigenvalue weighted by Gasteiger charge is 2.32. The van der Waals surface area contributed by atoms with Crippen molar-refractivity contribution in [1.29, 1.82) is 0 Å². The van der Waals surface area contributed by atoms with E-state index in [1.807, 2.05) is 13.0 Å². The van der Waals surface area contributed by atoms with Crippen LogP contribution in [0.5, 0.6) is 0 Å². The van der Waals surface area contributed by atoms with Crippen LogP contribution in [0.25, 0.3) is 0 Å². The lowest BCUT2D eigenvalue weighted by Gasteiger charge is -2.34. The minimum Gasteiger partial charge on any atom is -0.325 e. The van der Waals surface area contributed by atoms with Crippen molar-refractivity contribution in [3.8, 4) is 0 Å². The molecule has 8 heteroatoms. The van der Waals surface area contributed by atoms with Crippen molar-refractivity contribution in [3.05, 3.63) is 60.2 Å². The molecule has 2 aliphatic rings. The Morgan fingerprint density at radius 1 is 0.912 bits per heavy atom. The second kappa shape index (κ2) is 11.4. The molecule has 1 amide bonds. The smallest absolute Gasteiger partial charge is 0.243 e. The van der Waals surface area contributed by atoms with Crippen molar-refractivity contribution in [2.24, 2.45) is 0 Å². The average molecular weight is 485 g/mol. The first-order valence-corrected chi connectivity index (χ1v) is 13.8. The molecule has 1 N–H and O–H groups in total. The quantitative estimate of drug-likeness (QED) is 0.622. The van der Waals surface area contributed by atoms with Crippen LogP contribution >= 0.6 is 0 Å². The van der Waals surface area contributed by atoms with E-state index >= 15 is 0 Å². The van der Waals surface area contributed by atoms with Crippen LogP contribution in [0, 0.1) is 0 Å². The first kappa shape index (κ1) is 24.9. The molecule has 0 bridgehead atoms. The maximum atomic E-state index is 13.1. The lowest BCUT2D eigenvalue weighted by Crippen LogP contribution is -2.48. The number of rotatable bonds is 8. The molecule has 1 unspecified atom stereocenters. The number of amides is 1. The van der Waals surface area contributed by atoms with Gasteiger partial charge in [-0.05, 0) is 49.1 Å². The molecule has 2 aromatic rings. The molecular weight excluding hydrogens is 448 g/mol. The predicted molar refractivity (Wildman–Crippen MR) is 135 cm³/mol. The van der Waals surface area contributed by atoms with Crippen LogP contribution in [0.3, 0.4) is 0 Å². The van der Waals surface area contributed by atoms with Gasteiger partial charge in [-0.2, -0.15) is 4.31 Å². The zero-order valence-electron chi connectivity index (χ0n) is 20.0. The third kappa shape index (κ3) is 6.24. The summed E-state index contributed by atoms with van der Waals surface area (Å²) in [5.41, 5.74) is 1.93. The number of anilines is 1. The molecule has 2 fully saturated rings. The molecule has 4 rings (SSSR count). The van der Waals surface area contributed by atoms with Crippen molar-refractivity contribution in [2.75, 3.05) is 44.6 Å². The fourth-order valence-corrected chi connectivity index (χ4v) is 6.66. The Kier molecular flexibility index (Phi) is 8.37. The van der Waals surface area contributed by atoms with Crippen LogP contribution in [0.15, 0.2) is 59.5 Å². The van der Waals surface area contributed by atoms with Crippen molar-refractivity contribution in [3.63, 3.8) is 0 Å². The Morgan fingerprint density at radius 2 is 1.59 bits per heavy atom. The summed E-state index contributed by atoms with van der Waals surface area (Å²) in [4.78, 5) is 17.4. The predicted octanol–water partition coefficient (Wildman–Crippen LogP) is 3.40. The normalized spacial score (nSPS) is 20.8. The molecule has 2 aromatic carbocycles. The Labute approximate surface area is 203 Å². The summed E-state index contributed by atoms with van der Waals surface area (Å²) in [6.07, 6.45) is 3.74. The number of hydrogen-bond acceptors (Lipinski definition) is 5. The van der Waals surface area contributed by atoms with Gasteiger partial charge in [-0.25, -0.2) is 8.42 Å². The second-order valence-electron chi connectivity index (χ2n) is 9.28. The first-order chi connectivity index (χ1) is 16.5. The van der Waals surface area contributed by atoms with E-state index in [1.54, 1.807) is 28.6 Å². The van der Waals surface area contributed by atoms with Crippen LogP contribution < -0.4 is 5.32 Å². The van der Waals surface area contributed by atoms with Gasteiger partial charge in [-0.15, -0.1) is 0 Å². The molecule has 0 saturated carbocycles. The maximum Gasteiger partial charge on any atom is 0.243 e. The number of sulfonamides is 1. The van der Waals surface area contributed by atoms with Gasteiger partial charge in [0.1, 0.15) is 0 Å². The number of nitrogens with one attached hydrogen (secondary N) is 1. The van der Waals surface area contributed by atoms with Gasteiger partial charge >= 0.3 is 0 Å². The topological polar surface area (TPSA) is 73.0 Å². The fraction of sp³-hybridized carbons (Fsp3) is 0.500. The van der Waals surface area contributed by atoms with Crippen molar-refractivity contribution >= 4 is 21.6 Å². The van der Waals surface area contributed by atoms with Gasteiger partial charge in [0, 0.05) is 51.0 Å². The van der Waals surface area contributed by atoms with E-state index in [0.717, 1.165) is 58.4 Å². The highest BCUT2D eigenvalue weighted by atomic mass is 32.2. The Morgan fingerprint density at radius 3 is 2.26 bits per heavy atom. The van der Waals surface area contributed by atoms with Gasteiger partial charge in [0.15, 0.2) is 0 Å². The number of benzene rings is 2. The van der Waals surface area contributed by atoms with Crippen LogP contribution in [-0.2, 0) is 21.4 Å². The summed E-state index contributed by atoms with van der Waals surface area (Å²) >= 11 is 0. The third-order valence-corrected chi connectivity index (χ3v) is 8.84. The first-order valence-electron chi connectivity index (χ1n) is 12.4. The summed E-state index contributed by atoms with van der Waals surface area (Å²) in [6, 6.07) is 17.1. The van der Waals surface area contributed by atoms with Crippen LogP contribution in [0.4, 0.5) is 5.69 Å². The molecule has 2 heterocycles. The number of nitrogens with zero attached hydrogens (tertiary/aromatic N) is 3. The van der Waals surface area contributed by atoms with Gasteiger partial charge in [0.25, 0.3) is 0 Å². The van der Waals surface area contributed by atoms with E-state index in [2.05, 4.69) is 39.4 Å². The maximum absolute atomic E-state index is 13.1. The molecule has 0 radical (unpaired) electrons. The monoisotopic (exact) mass is 484 g/mol.